The van der Waals surface area contributed by atoms with Gasteiger partial charge in [-0.25, -0.2) is 9.37 Å². The number of nitro benzene ring substituents is 1. The molecule has 0 aliphatic heterocycles. The first kappa shape index (κ1) is 18.4. The minimum atomic E-state index is -0.451. The SMILES string of the molecule is COc1cc(-c2nc3ccc([N+](=O)[O-])cc3[nH]2)ccc1OCc1cccc(F)c1. The van der Waals surface area contributed by atoms with Crippen LogP contribution in [-0.4, -0.2) is 22.0 Å². The van der Waals surface area contributed by atoms with Crippen LogP contribution in [0.3, 0.4) is 0 Å². The Morgan fingerprint density at radius 2 is 1.97 bits per heavy atom. The molecule has 0 bridgehead atoms. The molecular formula is C21H16FN3O4. The molecule has 146 valence electrons. The average molecular weight is 393 g/mol. The van der Waals surface area contributed by atoms with Gasteiger partial charge in [-0.05, 0) is 42.0 Å². The summed E-state index contributed by atoms with van der Waals surface area (Å²) in [6, 6.07) is 15.9. The summed E-state index contributed by atoms with van der Waals surface area (Å²) >= 11 is 0. The van der Waals surface area contributed by atoms with Crippen molar-refractivity contribution < 1.29 is 18.8 Å². The topological polar surface area (TPSA) is 90.3 Å². The molecule has 8 heteroatoms. The van der Waals surface area contributed by atoms with Crippen molar-refractivity contribution in [1.82, 2.24) is 9.97 Å². The van der Waals surface area contributed by atoms with Crippen LogP contribution in [0.2, 0.25) is 0 Å². The minimum absolute atomic E-state index is 0.00798. The number of non-ortho nitro benzene ring substituents is 1. The van der Waals surface area contributed by atoms with E-state index >= 15 is 0 Å². The fourth-order valence-corrected chi connectivity index (χ4v) is 2.97. The molecule has 29 heavy (non-hydrogen) atoms. The van der Waals surface area contributed by atoms with Gasteiger partial charge in [-0.2, -0.15) is 0 Å². The third-order valence-corrected chi connectivity index (χ3v) is 4.40. The second-order valence-electron chi connectivity index (χ2n) is 6.33. The number of methoxy groups -OCH3 is 1. The van der Waals surface area contributed by atoms with Gasteiger partial charge in [-0.3, -0.25) is 10.1 Å². The molecular weight excluding hydrogens is 377 g/mol. The molecule has 4 aromatic rings. The van der Waals surface area contributed by atoms with E-state index in [1.165, 1.54) is 31.4 Å². The lowest BCUT2D eigenvalue weighted by Crippen LogP contribution is -1.98. The fourth-order valence-electron chi connectivity index (χ4n) is 2.97. The molecule has 7 nitrogen and oxygen atoms in total. The molecule has 1 N–H and O–H groups in total. The number of nitro groups is 1. The maximum Gasteiger partial charge on any atom is 0.271 e. The summed E-state index contributed by atoms with van der Waals surface area (Å²) in [4.78, 5) is 18.1. The molecule has 0 saturated heterocycles. The lowest BCUT2D eigenvalue weighted by atomic mass is 10.2. The zero-order chi connectivity index (χ0) is 20.4. The standard InChI is InChI=1S/C21H16FN3O4/c1-28-20-10-14(5-8-19(20)29-12-13-3-2-4-15(22)9-13)21-23-17-7-6-16(25(26)27)11-18(17)24-21/h2-11H,12H2,1H3,(H,23,24). The molecule has 0 amide bonds. The highest BCUT2D eigenvalue weighted by atomic mass is 19.1. The Morgan fingerprint density at radius 3 is 2.72 bits per heavy atom. The van der Waals surface area contributed by atoms with Crippen LogP contribution < -0.4 is 9.47 Å². The first-order valence-electron chi connectivity index (χ1n) is 8.73. The number of hydrogen-bond acceptors (Lipinski definition) is 5. The van der Waals surface area contributed by atoms with Crippen LogP contribution in [0.4, 0.5) is 10.1 Å². The lowest BCUT2D eigenvalue weighted by Gasteiger charge is -2.12. The van der Waals surface area contributed by atoms with Crippen molar-refractivity contribution in [2.45, 2.75) is 6.61 Å². The summed E-state index contributed by atoms with van der Waals surface area (Å²) in [6.45, 7) is 0.196. The molecule has 0 unspecified atom stereocenters. The van der Waals surface area contributed by atoms with Crippen LogP contribution in [0.15, 0.2) is 60.7 Å². The highest BCUT2D eigenvalue weighted by Gasteiger charge is 2.13. The Kier molecular flexibility index (Phi) is 4.82. The minimum Gasteiger partial charge on any atom is -0.493 e. The molecule has 1 heterocycles. The number of fused-ring (bicyclic) bond motifs is 1. The van der Waals surface area contributed by atoms with Gasteiger partial charge >= 0.3 is 0 Å². The van der Waals surface area contributed by atoms with Crippen molar-refractivity contribution in [1.29, 1.82) is 0 Å². The third-order valence-electron chi connectivity index (χ3n) is 4.40. The molecule has 3 aromatic carbocycles. The first-order chi connectivity index (χ1) is 14.0. The maximum absolute atomic E-state index is 13.3. The summed E-state index contributed by atoms with van der Waals surface area (Å²) in [5, 5.41) is 10.9. The van der Waals surface area contributed by atoms with E-state index in [4.69, 9.17) is 9.47 Å². The van der Waals surface area contributed by atoms with E-state index in [9.17, 15) is 14.5 Å². The molecule has 1 aromatic heterocycles. The molecule has 0 radical (unpaired) electrons. The summed E-state index contributed by atoms with van der Waals surface area (Å²) in [6.07, 6.45) is 0. The predicted molar refractivity (Wildman–Crippen MR) is 105 cm³/mol. The summed E-state index contributed by atoms with van der Waals surface area (Å²) in [5.74, 6) is 1.23. The predicted octanol–water partition coefficient (Wildman–Crippen LogP) is 4.86. The van der Waals surface area contributed by atoms with Crippen LogP contribution >= 0.6 is 0 Å². The van der Waals surface area contributed by atoms with Gasteiger partial charge in [0, 0.05) is 17.7 Å². The second kappa shape index (κ2) is 7.59. The van der Waals surface area contributed by atoms with Crippen molar-refractivity contribution in [2.24, 2.45) is 0 Å². The van der Waals surface area contributed by atoms with Crippen molar-refractivity contribution in [2.75, 3.05) is 7.11 Å². The van der Waals surface area contributed by atoms with Crippen LogP contribution in [-0.2, 0) is 6.61 Å². The van der Waals surface area contributed by atoms with Gasteiger partial charge in [0.15, 0.2) is 11.5 Å². The highest BCUT2D eigenvalue weighted by molar-refractivity contribution is 5.81. The number of benzene rings is 3. The monoisotopic (exact) mass is 393 g/mol. The largest absolute Gasteiger partial charge is 0.493 e. The average Bonchev–Trinajstić information content (AvgIpc) is 3.15. The van der Waals surface area contributed by atoms with Gasteiger partial charge in [0.1, 0.15) is 18.2 Å². The second-order valence-corrected chi connectivity index (χ2v) is 6.33. The number of hydrogen-bond donors (Lipinski definition) is 1. The van der Waals surface area contributed by atoms with Crippen molar-refractivity contribution in [3.8, 4) is 22.9 Å². The molecule has 0 aliphatic rings. The smallest absolute Gasteiger partial charge is 0.271 e. The fraction of sp³-hybridized carbons (Fsp3) is 0.0952. The number of H-pyrrole nitrogens is 1. The molecule has 4 rings (SSSR count). The number of aromatic amines is 1. The van der Waals surface area contributed by atoms with Crippen molar-refractivity contribution in [3.63, 3.8) is 0 Å². The Bertz CT molecular complexity index is 1210. The third kappa shape index (κ3) is 3.86. The number of nitrogens with zero attached hydrogens (tertiary/aromatic N) is 2. The van der Waals surface area contributed by atoms with E-state index in [-0.39, 0.29) is 18.1 Å². The molecule has 0 atom stereocenters. The van der Waals surface area contributed by atoms with E-state index in [0.29, 0.717) is 33.9 Å². The van der Waals surface area contributed by atoms with E-state index < -0.39 is 4.92 Å². The van der Waals surface area contributed by atoms with Gasteiger partial charge in [-0.1, -0.05) is 12.1 Å². The molecule has 0 spiro atoms. The molecule has 0 saturated carbocycles. The lowest BCUT2D eigenvalue weighted by molar-refractivity contribution is -0.384. The quantitative estimate of drug-likeness (QED) is 0.373. The van der Waals surface area contributed by atoms with Gasteiger partial charge < -0.3 is 14.5 Å². The van der Waals surface area contributed by atoms with Gasteiger partial charge in [0.2, 0.25) is 0 Å². The number of imidazole rings is 1. The highest BCUT2D eigenvalue weighted by Crippen LogP contribution is 2.33. The summed E-state index contributed by atoms with van der Waals surface area (Å²) < 4.78 is 24.5. The summed E-state index contributed by atoms with van der Waals surface area (Å²) in [7, 11) is 1.52. The normalized spacial score (nSPS) is 10.8. The van der Waals surface area contributed by atoms with Crippen LogP contribution in [0.5, 0.6) is 11.5 Å². The molecule has 0 fully saturated rings. The van der Waals surface area contributed by atoms with E-state index in [1.807, 2.05) is 0 Å². The van der Waals surface area contributed by atoms with Crippen molar-refractivity contribution >= 4 is 16.7 Å². The summed E-state index contributed by atoms with van der Waals surface area (Å²) in [5.41, 5.74) is 2.62. The maximum atomic E-state index is 13.3. The zero-order valence-electron chi connectivity index (χ0n) is 15.4. The Labute approximate surface area is 164 Å². The number of rotatable bonds is 6. The van der Waals surface area contributed by atoms with E-state index in [0.717, 1.165) is 5.56 Å². The Balaban J connectivity index is 1.60. The van der Waals surface area contributed by atoms with Gasteiger partial charge in [0.25, 0.3) is 5.69 Å². The van der Waals surface area contributed by atoms with Crippen LogP contribution in [0.1, 0.15) is 5.56 Å². The Hall–Kier alpha value is -3.94. The van der Waals surface area contributed by atoms with Gasteiger partial charge in [0.05, 0.1) is 23.1 Å². The van der Waals surface area contributed by atoms with E-state index in [1.54, 1.807) is 36.4 Å². The van der Waals surface area contributed by atoms with Crippen LogP contribution in [0.25, 0.3) is 22.4 Å². The van der Waals surface area contributed by atoms with E-state index in [2.05, 4.69) is 9.97 Å². The van der Waals surface area contributed by atoms with Crippen LogP contribution in [0, 0.1) is 15.9 Å². The number of aromatic nitrogens is 2. The number of halogens is 1. The number of ether oxygens (including phenoxy) is 2. The first-order valence-corrected chi connectivity index (χ1v) is 8.73. The Morgan fingerprint density at radius 1 is 1.10 bits per heavy atom. The number of nitrogens with one attached hydrogen (secondary N) is 1. The molecule has 0 aliphatic carbocycles. The zero-order valence-corrected chi connectivity index (χ0v) is 15.4. The van der Waals surface area contributed by atoms with Gasteiger partial charge in [-0.15, -0.1) is 0 Å². The van der Waals surface area contributed by atoms with Crippen molar-refractivity contribution in [3.05, 3.63) is 82.2 Å².